The molecule has 86 valence electrons. The van der Waals surface area contributed by atoms with E-state index in [1.165, 1.54) is 6.07 Å². The number of para-hydroxylation sites is 1. The summed E-state index contributed by atoms with van der Waals surface area (Å²) < 4.78 is 5.38. The molecule has 0 atom stereocenters. The third-order valence-electron chi connectivity index (χ3n) is 2.07. The lowest BCUT2D eigenvalue weighted by molar-refractivity contribution is 0.0693. The molecule has 0 bridgehead atoms. The van der Waals surface area contributed by atoms with Crippen molar-refractivity contribution in [2.75, 3.05) is 6.61 Å². The van der Waals surface area contributed by atoms with Crippen LogP contribution in [0.4, 0.5) is 0 Å². The zero-order valence-electron chi connectivity index (χ0n) is 9.35. The van der Waals surface area contributed by atoms with Crippen molar-refractivity contribution < 1.29 is 14.6 Å². The molecule has 3 heteroatoms. The zero-order valence-corrected chi connectivity index (χ0v) is 9.35. The van der Waals surface area contributed by atoms with Gasteiger partial charge in [-0.3, -0.25) is 0 Å². The van der Waals surface area contributed by atoms with Gasteiger partial charge in [0.25, 0.3) is 0 Å². The van der Waals surface area contributed by atoms with E-state index in [2.05, 4.69) is 6.92 Å². The fourth-order valence-corrected chi connectivity index (χ4v) is 1.26. The van der Waals surface area contributed by atoms with Gasteiger partial charge >= 0.3 is 5.97 Å². The molecule has 0 aliphatic carbocycles. The lowest BCUT2D eigenvalue weighted by Crippen LogP contribution is -2.02. The zero-order chi connectivity index (χ0) is 11.8. The summed E-state index contributed by atoms with van der Waals surface area (Å²) in [4.78, 5) is 10.9. The SMILES string of the molecule is CCC/C=C/COc1ccccc1C(=O)O. The average molecular weight is 220 g/mol. The molecule has 0 aromatic heterocycles. The number of carboxylic acid groups (broad SMARTS) is 1. The Hall–Kier alpha value is -1.77. The average Bonchev–Trinajstić information content (AvgIpc) is 2.29. The summed E-state index contributed by atoms with van der Waals surface area (Å²) in [6, 6.07) is 6.64. The first-order valence-electron chi connectivity index (χ1n) is 5.35. The van der Waals surface area contributed by atoms with Gasteiger partial charge in [0.2, 0.25) is 0 Å². The van der Waals surface area contributed by atoms with E-state index in [1.54, 1.807) is 18.2 Å². The number of unbranched alkanes of at least 4 members (excludes halogenated alkanes) is 1. The van der Waals surface area contributed by atoms with Gasteiger partial charge in [-0.25, -0.2) is 4.79 Å². The van der Waals surface area contributed by atoms with Gasteiger partial charge in [0.1, 0.15) is 17.9 Å². The molecule has 1 aromatic carbocycles. The molecule has 0 aliphatic rings. The van der Waals surface area contributed by atoms with Gasteiger partial charge < -0.3 is 9.84 Å². The second kappa shape index (κ2) is 6.67. The van der Waals surface area contributed by atoms with E-state index >= 15 is 0 Å². The van der Waals surface area contributed by atoms with Crippen molar-refractivity contribution in [1.29, 1.82) is 0 Å². The minimum Gasteiger partial charge on any atom is -0.489 e. The summed E-state index contributed by atoms with van der Waals surface area (Å²) in [7, 11) is 0. The molecule has 1 rings (SSSR count). The van der Waals surface area contributed by atoms with Gasteiger partial charge in [0.15, 0.2) is 0 Å². The fourth-order valence-electron chi connectivity index (χ4n) is 1.26. The molecule has 0 amide bonds. The standard InChI is InChI=1S/C13H16O3/c1-2-3-4-7-10-16-12-9-6-5-8-11(12)13(14)15/h4-9H,2-3,10H2,1H3,(H,14,15)/b7-4+. The molecule has 3 nitrogen and oxygen atoms in total. The highest BCUT2D eigenvalue weighted by Crippen LogP contribution is 2.17. The molecule has 1 N–H and O–H groups in total. The Bertz CT molecular complexity index is 369. The van der Waals surface area contributed by atoms with Gasteiger partial charge in [0.05, 0.1) is 0 Å². The van der Waals surface area contributed by atoms with Crippen LogP contribution in [0.2, 0.25) is 0 Å². The minimum atomic E-state index is -0.965. The number of hydrogen-bond donors (Lipinski definition) is 1. The van der Waals surface area contributed by atoms with Crippen LogP contribution in [0, 0.1) is 0 Å². The Labute approximate surface area is 95.4 Å². The van der Waals surface area contributed by atoms with Crippen LogP contribution in [0.5, 0.6) is 5.75 Å². The molecule has 0 saturated heterocycles. The number of carboxylic acids is 1. The maximum absolute atomic E-state index is 10.9. The molecule has 0 fully saturated rings. The molecule has 0 saturated carbocycles. The summed E-state index contributed by atoms with van der Waals surface area (Å²) in [6.45, 7) is 2.51. The molecule has 0 spiro atoms. The smallest absolute Gasteiger partial charge is 0.339 e. The van der Waals surface area contributed by atoms with Gasteiger partial charge in [-0.2, -0.15) is 0 Å². The second-order valence-corrected chi connectivity index (χ2v) is 3.37. The van der Waals surface area contributed by atoms with E-state index in [1.807, 2.05) is 12.2 Å². The molecule has 16 heavy (non-hydrogen) atoms. The van der Waals surface area contributed by atoms with Crippen LogP contribution in [0.1, 0.15) is 30.1 Å². The molecular formula is C13H16O3. The second-order valence-electron chi connectivity index (χ2n) is 3.37. The fraction of sp³-hybridized carbons (Fsp3) is 0.308. The topological polar surface area (TPSA) is 46.5 Å². The van der Waals surface area contributed by atoms with E-state index in [0.717, 1.165) is 12.8 Å². The van der Waals surface area contributed by atoms with Gasteiger partial charge in [-0.05, 0) is 18.6 Å². The van der Waals surface area contributed by atoms with E-state index in [9.17, 15) is 4.79 Å². The molecule has 0 heterocycles. The van der Waals surface area contributed by atoms with Crippen molar-refractivity contribution in [2.45, 2.75) is 19.8 Å². The van der Waals surface area contributed by atoms with Crippen LogP contribution >= 0.6 is 0 Å². The number of allylic oxidation sites excluding steroid dienone is 1. The quantitative estimate of drug-likeness (QED) is 0.749. The van der Waals surface area contributed by atoms with Gasteiger partial charge in [-0.15, -0.1) is 0 Å². The van der Waals surface area contributed by atoms with Crippen molar-refractivity contribution in [3.8, 4) is 5.75 Å². The van der Waals surface area contributed by atoms with Crippen molar-refractivity contribution in [3.05, 3.63) is 42.0 Å². The first kappa shape index (κ1) is 12.3. The first-order chi connectivity index (χ1) is 7.75. The summed E-state index contributed by atoms with van der Waals surface area (Å²) in [6.07, 6.45) is 6.05. The van der Waals surface area contributed by atoms with Gasteiger partial charge in [0, 0.05) is 0 Å². The third kappa shape index (κ3) is 3.77. The van der Waals surface area contributed by atoms with Crippen LogP contribution in [-0.2, 0) is 0 Å². The third-order valence-corrected chi connectivity index (χ3v) is 2.07. The monoisotopic (exact) mass is 220 g/mol. The van der Waals surface area contributed by atoms with Crippen molar-refractivity contribution >= 4 is 5.97 Å². The number of aromatic carboxylic acids is 1. The van der Waals surface area contributed by atoms with Crippen LogP contribution in [0.25, 0.3) is 0 Å². The van der Waals surface area contributed by atoms with Crippen molar-refractivity contribution in [3.63, 3.8) is 0 Å². The van der Waals surface area contributed by atoms with E-state index < -0.39 is 5.97 Å². The Morgan fingerprint density at radius 3 is 2.81 bits per heavy atom. The van der Waals surface area contributed by atoms with Crippen LogP contribution < -0.4 is 4.74 Å². The van der Waals surface area contributed by atoms with E-state index in [0.29, 0.717) is 12.4 Å². The number of hydrogen-bond acceptors (Lipinski definition) is 2. The lowest BCUT2D eigenvalue weighted by Gasteiger charge is -2.06. The molecule has 1 aromatic rings. The predicted molar refractivity (Wildman–Crippen MR) is 62.9 cm³/mol. The van der Waals surface area contributed by atoms with Crippen LogP contribution in [0.15, 0.2) is 36.4 Å². The number of ether oxygens (including phenoxy) is 1. The van der Waals surface area contributed by atoms with Crippen LogP contribution in [0.3, 0.4) is 0 Å². The van der Waals surface area contributed by atoms with Crippen molar-refractivity contribution in [2.24, 2.45) is 0 Å². The Morgan fingerprint density at radius 2 is 2.12 bits per heavy atom. The Morgan fingerprint density at radius 1 is 1.38 bits per heavy atom. The lowest BCUT2D eigenvalue weighted by atomic mass is 10.2. The maximum Gasteiger partial charge on any atom is 0.339 e. The molecule has 0 radical (unpaired) electrons. The normalized spacial score (nSPS) is 10.6. The van der Waals surface area contributed by atoms with Gasteiger partial charge in [-0.1, -0.05) is 37.6 Å². The van der Waals surface area contributed by atoms with Crippen molar-refractivity contribution in [1.82, 2.24) is 0 Å². The molecule has 0 aliphatic heterocycles. The summed E-state index contributed by atoms with van der Waals surface area (Å²) >= 11 is 0. The summed E-state index contributed by atoms with van der Waals surface area (Å²) in [5, 5.41) is 8.91. The highest BCUT2D eigenvalue weighted by Gasteiger charge is 2.08. The summed E-state index contributed by atoms with van der Waals surface area (Å²) in [5.74, 6) is -0.552. The predicted octanol–water partition coefficient (Wildman–Crippen LogP) is 3.12. The molecule has 0 unspecified atom stereocenters. The highest BCUT2D eigenvalue weighted by atomic mass is 16.5. The molecular weight excluding hydrogens is 204 g/mol. The highest BCUT2D eigenvalue weighted by molar-refractivity contribution is 5.90. The Kier molecular flexibility index (Phi) is 5.12. The number of rotatable bonds is 6. The number of benzene rings is 1. The van der Waals surface area contributed by atoms with E-state index in [-0.39, 0.29) is 5.56 Å². The summed E-state index contributed by atoms with van der Waals surface area (Å²) in [5.41, 5.74) is 0.200. The largest absolute Gasteiger partial charge is 0.489 e. The Balaban J connectivity index is 2.56. The first-order valence-corrected chi connectivity index (χ1v) is 5.35. The van der Waals surface area contributed by atoms with E-state index in [4.69, 9.17) is 9.84 Å². The number of carbonyl (C=O) groups is 1. The maximum atomic E-state index is 10.9. The van der Waals surface area contributed by atoms with Crippen LogP contribution in [-0.4, -0.2) is 17.7 Å². The minimum absolute atomic E-state index is 0.200.